The highest BCUT2D eigenvalue weighted by molar-refractivity contribution is 6.31. The Kier molecular flexibility index (Phi) is 7.14. The summed E-state index contributed by atoms with van der Waals surface area (Å²) in [5.41, 5.74) is 0.434. The maximum Gasteiger partial charge on any atom is 0.417 e. The van der Waals surface area contributed by atoms with Gasteiger partial charge in [-0.05, 0) is 54.6 Å². The Morgan fingerprint density at radius 3 is 2.29 bits per heavy atom. The van der Waals surface area contributed by atoms with Crippen molar-refractivity contribution >= 4 is 34.7 Å². The molecule has 0 spiro atoms. The molecule has 1 fully saturated rings. The van der Waals surface area contributed by atoms with Gasteiger partial charge >= 0.3 is 12.2 Å². The fraction of sp³-hybridized carbons (Fsp3) is 0.208. The SMILES string of the molecule is O=C(Nc1ccc(Oc2cccc(N3CCOCC3)c2)cc1)Nc1ccc(Cl)c(C(F)(F)F)c1. The second-order valence-electron chi connectivity index (χ2n) is 7.49. The number of benzene rings is 3. The number of anilines is 3. The minimum atomic E-state index is -4.62. The van der Waals surface area contributed by atoms with Gasteiger partial charge in [-0.1, -0.05) is 17.7 Å². The van der Waals surface area contributed by atoms with Gasteiger partial charge in [-0.15, -0.1) is 0 Å². The molecular formula is C24H21ClF3N3O3. The third kappa shape index (κ3) is 6.12. The van der Waals surface area contributed by atoms with Gasteiger partial charge in [-0.25, -0.2) is 4.79 Å². The lowest BCUT2D eigenvalue weighted by molar-refractivity contribution is -0.137. The van der Waals surface area contributed by atoms with E-state index in [9.17, 15) is 18.0 Å². The number of nitrogens with one attached hydrogen (secondary N) is 2. The predicted molar refractivity (Wildman–Crippen MR) is 125 cm³/mol. The standard InChI is InChI=1S/C24H21ClF3N3O3/c25-22-9-6-17(14-21(22)24(26,27)28)30-23(32)29-16-4-7-19(8-5-16)34-20-3-1-2-18(15-20)31-10-12-33-13-11-31/h1-9,14-15H,10-13H2,(H2,29,30,32). The van der Waals surface area contributed by atoms with Gasteiger partial charge in [-0.3, -0.25) is 0 Å². The van der Waals surface area contributed by atoms with Crippen LogP contribution in [0.15, 0.2) is 66.7 Å². The highest BCUT2D eigenvalue weighted by atomic mass is 35.5. The average molecular weight is 492 g/mol. The van der Waals surface area contributed by atoms with Crippen molar-refractivity contribution in [2.75, 3.05) is 41.8 Å². The number of halogens is 4. The number of amides is 2. The number of carbonyl (C=O) groups is 1. The zero-order valence-electron chi connectivity index (χ0n) is 17.9. The molecule has 34 heavy (non-hydrogen) atoms. The molecule has 0 atom stereocenters. The van der Waals surface area contributed by atoms with Crippen molar-refractivity contribution in [2.45, 2.75) is 6.18 Å². The molecule has 3 aromatic carbocycles. The minimum absolute atomic E-state index is 0.0330. The molecule has 2 N–H and O–H groups in total. The molecule has 1 aliphatic heterocycles. The van der Waals surface area contributed by atoms with Crippen LogP contribution >= 0.6 is 11.6 Å². The minimum Gasteiger partial charge on any atom is -0.457 e. The third-order valence-electron chi connectivity index (χ3n) is 5.07. The average Bonchev–Trinajstić information content (AvgIpc) is 2.82. The van der Waals surface area contributed by atoms with Gasteiger partial charge in [0.1, 0.15) is 11.5 Å². The van der Waals surface area contributed by atoms with Crippen LogP contribution in [0.5, 0.6) is 11.5 Å². The van der Waals surface area contributed by atoms with Gasteiger partial charge in [0.15, 0.2) is 0 Å². The highest BCUT2D eigenvalue weighted by Gasteiger charge is 2.33. The third-order valence-corrected chi connectivity index (χ3v) is 5.40. The number of alkyl halides is 3. The molecule has 1 heterocycles. The van der Waals surface area contributed by atoms with Crippen LogP contribution in [0.3, 0.4) is 0 Å². The van der Waals surface area contributed by atoms with Gasteiger partial charge in [0, 0.05) is 36.2 Å². The molecule has 0 unspecified atom stereocenters. The van der Waals surface area contributed by atoms with E-state index in [0.717, 1.165) is 30.9 Å². The van der Waals surface area contributed by atoms with Gasteiger partial charge in [0.25, 0.3) is 0 Å². The van der Waals surface area contributed by atoms with Gasteiger partial charge in [0.05, 0.1) is 23.8 Å². The van der Waals surface area contributed by atoms with Crippen molar-refractivity contribution in [2.24, 2.45) is 0 Å². The van der Waals surface area contributed by atoms with E-state index in [4.69, 9.17) is 21.1 Å². The molecule has 6 nitrogen and oxygen atoms in total. The van der Waals surface area contributed by atoms with Crippen LogP contribution in [0.4, 0.5) is 35.0 Å². The molecule has 1 saturated heterocycles. The number of carbonyl (C=O) groups excluding carboxylic acids is 1. The summed E-state index contributed by atoms with van der Waals surface area (Å²) in [6.45, 7) is 3.02. The fourth-order valence-electron chi connectivity index (χ4n) is 3.42. The van der Waals surface area contributed by atoms with Crippen LogP contribution in [-0.4, -0.2) is 32.3 Å². The molecular weight excluding hydrogens is 471 g/mol. The van der Waals surface area contributed by atoms with Crippen molar-refractivity contribution in [3.63, 3.8) is 0 Å². The van der Waals surface area contributed by atoms with Crippen molar-refractivity contribution in [3.8, 4) is 11.5 Å². The number of hydrogen-bond acceptors (Lipinski definition) is 4. The molecule has 1 aliphatic rings. The summed E-state index contributed by atoms with van der Waals surface area (Å²) in [6.07, 6.45) is -4.62. The number of urea groups is 1. The monoisotopic (exact) mass is 491 g/mol. The molecule has 0 bridgehead atoms. The highest BCUT2D eigenvalue weighted by Crippen LogP contribution is 2.36. The first-order valence-corrected chi connectivity index (χ1v) is 10.8. The van der Waals surface area contributed by atoms with E-state index in [-0.39, 0.29) is 5.69 Å². The van der Waals surface area contributed by atoms with Gasteiger partial charge in [-0.2, -0.15) is 13.2 Å². The summed E-state index contributed by atoms with van der Waals surface area (Å²) in [6, 6.07) is 16.8. The Morgan fingerprint density at radius 1 is 0.912 bits per heavy atom. The Morgan fingerprint density at radius 2 is 1.59 bits per heavy atom. The van der Waals surface area contributed by atoms with E-state index in [1.54, 1.807) is 24.3 Å². The predicted octanol–water partition coefficient (Wildman–Crippen LogP) is 6.63. The Bertz CT molecular complexity index is 1150. The van der Waals surface area contributed by atoms with E-state index in [2.05, 4.69) is 15.5 Å². The van der Waals surface area contributed by atoms with Crippen molar-refractivity contribution in [3.05, 3.63) is 77.3 Å². The van der Waals surface area contributed by atoms with E-state index in [1.165, 1.54) is 6.07 Å². The Hall–Kier alpha value is -3.43. The van der Waals surface area contributed by atoms with E-state index < -0.39 is 22.8 Å². The van der Waals surface area contributed by atoms with Gasteiger partial charge < -0.3 is 25.0 Å². The van der Waals surface area contributed by atoms with Crippen LogP contribution in [0.25, 0.3) is 0 Å². The molecule has 0 saturated carbocycles. The van der Waals surface area contributed by atoms with Crippen LogP contribution < -0.4 is 20.3 Å². The number of rotatable bonds is 5. The quantitative estimate of drug-likeness (QED) is 0.420. The Balaban J connectivity index is 1.36. The molecule has 3 aromatic rings. The first-order chi connectivity index (χ1) is 16.3. The zero-order chi connectivity index (χ0) is 24.1. The molecule has 0 aliphatic carbocycles. The van der Waals surface area contributed by atoms with Crippen LogP contribution in [-0.2, 0) is 10.9 Å². The lowest BCUT2D eigenvalue weighted by Gasteiger charge is -2.29. The number of hydrogen-bond donors (Lipinski definition) is 2. The fourth-order valence-corrected chi connectivity index (χ4v) is 3.65. The maximum absolute atomic E-state index is 13.0. The second-order valence-corrected chi connectivity index (χ2v) is 7.90. The number of nitrogens with zero attached hydrogens (tertiary/aromatic N) is 1. The van der Waals surface area contributed by atoms with E-state index in [1.807, 2.05) is 24.3 Å². The number of morpholine rings is 1. The van der Waals surface area contributed by atoms with Crippen LogP contribution in [0.2, 0.25) is 5.02 Å². The summed E-state index contributed by atoms with van der Waals surface area (Å²) in [5, 5.41) is 4.50. The normalized spacial score (nSPS) is 13.9. The molecule has 4 rings (SSSR count). The first kappa shape index (κ1) is 23.7. The first-order valence-electron chi connectivity index (χ1n) is 10.4. The summed E-state index contributed by atoms with van der Waals surface area (Å²) in [7, 11) is 0. The molecule has 2 amide bonds. The number of ether oxygens (including phenoxy) is 2. The summed E-state index contributed by atoms with van der Waals surface area (Å²) in [4.78, 5) is 14.4. The molecule has 10 heteroatoms. The van der Waals surface area contributed by atoms with Crippen LogP contribution in [0.1, 0.15) is 5.56 Å². The maximum atomic E-state index is 13.0. The van der Waals surface area contributed by atoms with Crippen molar-refractivity contribution < 1.29 is 27.4 Å². The largest absolute Gasteiger partial charge is 0.457 e. The van der Waals surface area contributed by atoms with Crippen LogP contribution in [0, 0.1) is 0 Å². The summed E-state index contributed by atoms with van der Waals surface area (Å²) < 4.78 is 50.3. The molecule has 0 aromatic heterocycles. The van der Waals surface area contributed by atoms with Crippen molar-refractivity contribution in [1.29, 1.82) is 0 Å². The summed E-state index contributed by atoms with van der Waals surface area (Å²) >= 11 is 5.60. The smallest absolute Gasteiger partial charge is 0.417 e. The second kappa shape index (κ2) is 10.2. The topological polar surface area (TPSA) is 62.8 Å². The van der Waals surface area contributed by atoms with Crippen molar-refractivity contribution in [1.82, 2.24) is 0 Å². The van der Waals surface area contributed by atoms with E-state index >= 15 is 0 Å². The lowest BCUT2D eigenvalue weighted by atomic mass is 10.2. The molecule has 178 valence electrons. The lowest BCUT2D eigenvalue weighted by Crippen LogP contribution is -2.36. The Labute approximate surface area is 199 Å². The molecule has 0 radical (unpaired) electrons. The van der Waals surface area contributed by atoms with E-state index in [0.29, 0.717) is 30.4 Å². The van der Waals surface area contributed by atoms with Gasteiger partial charge in [0.2, 0.25) is 0 Å². The zero-order valence-corrected chi connectivity index (χ0v) is 18.6. The summed E-state index contributed by atoms with van der Waals surface area (Å²) in [5.74, 6) is 1.24.